The number of hydrogen-bond acceptors (Lipinski definition) is 2. The van der Waals surface area contributed by atoms with Crippen molar-refractivity contribution >= 4 is 5.97 Å². The van der Waals surface area contributed by atoms with Gasteiger partial charge in [-0.15, -0.1) is 0 Å². The van der Waals surface area contributed by atoms with E-state index in [9.17, 15) is 9.90 Å². The van der Waals surface area contributed by atoms with Gasteiger partial charge in [-0.05, 0) is 36.2 Å². The molecule has 0 heterocycles. The normalized spacial score (nSPS) is 10.1. The van der Waals surface area contributed by atoms with Crippen LogP contribution in [0.2, 0.25) is 0 Å². The van der Waals surface area contributed by atoms with Crippen molar-refractivity contribution in [2.45, 2.75) is 6.92 Å². The average molecular weight is 242 g/mol. The summed E-state index contributed by atoms with van der Waals surface area (Å²) in [5.74, 6) is -0.410. The molecule has 0 aliphatic carbocycles. The van der Waals surface area contributed by atoms with Gasteiger partial charge in [0.15, 0.2) is 0 Å². The van der Waals surface area contributed by atoms with E-state index in [0.717, 1.165) is 11.1 Å². The van der Waals surface area contributed by atoms with Gasteiger partial charge in [-0.2, -0.15) is 0 Å². The number of hydrogen-bond donors (Lipinski definition) is 1. The first-order chi connectivity index (χ1) is 8.61. The highest BCUT2D eigenvalue weighted by molar-refractivity contribution is 5.96. The molecule has 0 aromatic heterocycles. The minimum absolute atomic E-state index is 0.248. The summed E-state index contributed by atoms with van der Waals surface area (Å²) in [6.07, 6.45) is 0. The number of carboxylic acids is 1. The van der Waals surface area contributed by atoms with Crippen LogP contribution in [0.4, 0.5) is 0 Å². The van der Waals surface area contributed by atoms with Crippen LogP contribution in [-0.4, -0.2) is 18.2 Å². The standard InChI is InChI=1S/C15H14O3/c1-10-3-5-11(6-4-10)13-8-7-12(18-2)9-14(13)15(16)17/h3-9H,1-2H3,(H,16,17). The quantitative estimate of drug-likeness (QED) is 0.897. The minimum atomic E-state index is -0.954. The summed E-state index contributed by atoms with van der Waals surface area (Å²) in [5, 5.41) is 9.25. The topological polar surface area (TPSA) is 46.5 Å². The van der Waals surface area contributed by atoms with Crippen molar-refractivity contribution in [1.82, 2.24) is 0 Å². The Balaban J connectivity index is 2.56. The molecule has 0 amide bonds. The molecule has 1 N–H and O–H groups in total. The van der Waals surface area contributed by atoms with Crippen LogP contribution in [0.3, 0.4) is 0 Å². The van der Waals surface area contributed by atoms with Crippen LogP contribution in [0, 0.1) is 6.92 Å². The fraction of sp³-hybridized carbons (Fsp3) is 0.133. The molecule has 0 unspecified atom stereocenters. The predicted molar refractivity (Wildman–Crippen MR) is 70.1 cm³/mol. The van der Waals surface area contributed by atoms with Crippen molar-refractivity contribution in [1.29, 1.82) is 0 Å². The smallest absolute Gasteiger partial charge is 0.336 e. The second-order valence-electron chi connectivity index (χ2n) is 4.08. The van der Waals surface area contributed by atoms with Gasteiger partial charge in [0.25, 0.3) is 0 Å². The van der Waals surface area contributed by atoms with Crippen molar-refractivity contribution in [2.75, 3.05) is 7.11 Å². The lowest BCUT2D eigenvalue weighted by Gasteiger charge is -2.09. The van der Waals surface area contributed by atoms with Crippen molar-refractivity contribution < 1.29 is 14.6 Å². The first-order valence-corrected chi connectivity index (χ1v) is 5.60. The molecule has 0 saturated heterocycles. The Morgan fingerprint density at radius 1 is 1.11 bits per heavy atom. The molecule has 0 aliphatic heterocycles. The Labute approximate surface area is 106 Å². The monoisotopic (exact) mass is 242 g/mol. The minimum Gasteiger partial charge on any atom is -0.497 e. The first kappa shape index (κ1) is 12.2. The highest BCUT2D eigenvalue weighted by Crippen LogP contribution is 2.27. The molecule has 92 valence electrons. The molecular formula is C15H14O3. The van der Waals surface area contributed by atoms with Crippen LogP contribution < -0.4 is 4.74 Å². The maximum absolute atomic E-state index is 11.3. The summed E-state index contributed by atoms with van der Waals surface area (Å²) in [5.41, 5.74) is 2.98. The molecule has 2 aromatic carbocycles. The van der Waals surface area contributed by atoms with Gasteiger partial charge in [0.2, 0.25) is 0 Å². The SMILES string of the molecule is COc1ccc(-c2ccc(C)cc2)c(C(=O)O)c1. The number of aromatic carboxylic acids is 1. The van der Waals surface area contributed by atoms with E-state index in [1.165, 1.54) is 13.2 Å². The second-order valence-corrected chi connectivity index (χ2v) is 4.08. The molecule has 3 heteroatoms. The Kier molecular flexibility index (Phi) is 3.33. The predicted octanol–water partition coefficient (Wildman–Crippen LogP) is 3.37. The molecular weight excluding hydrogens is 228 g/mol. The van der Waals surface area contributed by atoms with Gasteiger partial charge in [0.1, 0.15) is 5.75 Å². The van der Waals surface area contributed by atoms with E-state index in [-0.39, 0.29) is 5.56 Å². The fourth-order valence-corrected chi connectivity index (χ4v) is 1.81. The van der Waals surface area contributed by atoms with Gasteiger partial charge in [0.05, 0.1) is 12.7 Å². The van der Waals surface area contributed by atoms with Crippen LogP contribution in [0.25, 0.3) is 11.1 Å². The molecule has 0 radical (unpaired) electrons. The third-order valence-electron chi connectivity index (χ3n) is 2.82. The maximum Gasteiger partial charge on any atom is 0.336 e. The number of methoxy groups -OCH3 is 1. The second kappa shape index (κ2) is 4.92. The largest absolute Gasteiger partial charge is 0.497 e. The maximum atomic E-state index is 11.3. The molecule has 2 rings (SSSR count). The van der Waals surface area contributed by atoms with Crippen LogP contribution in [0.5, 0.6) is 5.75 Å². The Morgan fingerprint density at radius 3 is 2.33 bits per heavy atom. The third-order valence-corrected chi connectivity index (χ3v) is 2.82. The zero-order valence-corrected chi connectivity index (χ0v) is 10.3. The van der Waals surface area contributed by atoms with Gasteiger partial charge < -0.3 is 9.84 Å². The van der Waals surface area contributed by atoms with Gasteiger partial charge in [0, 0.05) is 0 Å². The zero-order chi connectivity index (χ0) is 13.1. The van der Waals surface area contributed by atoms with Crippen LogP contribution >= 0.6 is 0 Å². The molecule has 18 heavy (non-hydrogen) atoms. The number of benzene rings is 2. The molecule has 0 saturated carbocycles. The first-order valence-electron chi connectivity index (χ1n) is 5.60. The van der Waals surface area contributed by atoms with E-state index in [1.54, 1.807) is 12.1 Å². The van der Waals surface area contributed by atoms with E-state index >= 15 is 0 Å². The summed E-state index contributed by atoms with van der Waals surface area (Å²) in [6.45, 7) is 2.00. The summed E-state index contributed by atoms with van der Waals surface area (Å²) in [7, 11) is 1.52. The van der Waals surface area contributed by atoms with Crippen molar-refractivity contribution in [3.05, 3.63) is 53.6 Å². The molecule has 0 bridgehead atoms. The van der Waals surface area contributed by atoms with Crippen LogP contribution in [0.1, 0.15) is 15.9 Å². The molecule has 2 aromatic rings. The highest BCUT2D eigenvalue weighted by Gasteiger charge is 2.12. The van der Waals surface area contributed by atoms with Gasteiger partial charge in [-0.1, -0.05) is 29.8 Å². The van der Waals surface area contributed by atoms with Gasteiger partial charge in [-0.25, -0.2) is 4.79 Å². The Bertz CT molecular complexity index is 571. The number of rotatable bonds is 3. The lowest BCUT2D eigenvalue weighted by molar-refractivity contribution is 0.0697. The summed E-state index contributed by atoms with van der Waals surface area (Å²) in [4.78, 5) is 11.3. The van der Waals surface area contributed by atoms with Crippen molar-refractivity contribution in [3.8, 4) is 16.9 Å². The van der Waals surface area contributed by atoms with Gasteiger partial charge in [-0.3, -0.25) is 0 Å². The Morgan fingerprint density at radius 2 is 1.78 bits per heavy atom. The van der Waals surface area contributed by atoms with E-state index in [4.69, 9.17) is 4.74 Å². The zero-order valence-electron chi connectivity index (χ0n) is 10.3. The van der Waals surface area contributed by atoms with Crippen LogP contribution in [-0.2, 0) is 0 Å². The number of carbonyl (C=O) groups is 1. The van der Waals surface area contributed by atoms with Crippen molar-refractivity contribution in [2.24, 2.45) is 0 Å². The average Bonchev–Trinajstić information content (AvgIpc) is 2.39. The van der Waals surface area contributed by atoms with E-state index in [0.29, 0.717) is 11.3 Å². The number of ether oxygens (including phenoxy) is 1. The summed E-state index contributed by atoms with van der Waals surface area (Å²) < 4.78 is 5.05. The highest BCUT2D eigenvalue weighted by atomic mass is 16.5. The molecule has 0 aliphatic rings. The Hall–Kier alpha value is -2.29. The lowest BCUT2D eigenvalue weighted by atomic mass is 9.98. The van der Waals surface area contributed by atoms with Crippen LogP contribution in [0.15, 0.2) is 42.5 Å². The van der Waals surface area contributed by atoms with E-state index in [2.05, 4.69) is 0 Å². The number of aryl methyl sites for hydroxylation is 1. The number of carboxylic acid groups (broad SMARTS) is 1. The molecule has 0 atom stereocenters. The van der Waals surface area contributed by atoms with E-state index in [1.807, 2.05) is 31.2 Å². The molecule has 3 nitrogen and oxygen atoms in total. The summed E-state index contributed by atoms with van der Waals surface area (Å²) >= 11 is 0. The van der Waals surface area contributed by atoms with Gasteiger partial charge >= 0.3 is 5.97 Å². The molecule has 0 fully saturated rings. The van der Waals surface area contributed by atoms with Crippen molar-refractivity contribution in [3.63, 3.8) is 0 Å². The molecule has 0 spiro atoms. The third kappa shape index (κ3) is 2.35. The fourth-order valence-electron chi connectivity index (χ4n) is 1.81. The van der Waals surface area contributed by atoms with E-state index < -0.39 is 5.97 Å². The summed E-state index contributed by atoms with van der Waals surface area (Å²) in [6, 6.07) is 12.8. The lowest BCUT2D eigenvalue weighted by Crippen LogP contribution is -2.00.